The first kappa shape index (κ1) is 18.1. The van der Waals surface area contributed by atoms with Crippen LogP contribution in [0.1, 0.15) is 21.6 Å². The number of carbonyl (C=O) groups excluding carboxylic acids is 1. The van der Waals surface area contributed by atoms with Gasteiger partial charge in [0.15, 0.2) is 0 Å². The molecule has 138 valence electrons. The molecule has 0 saturated carbocycles. The SMILES string of the molecule is COc1ccc(CNC(=O)c2c[nH]c(=O)n(Cc3ccccn3)c2=O)cc1. The van der Waals surface area contributed by atoms with Crippen LogP contribution in [0.2, 0.25) is 0 Å². The number of amides is 1. The van der Waals surface area contributed by atoms with E-state index in [1.54, 1.807) is 43.6 Å². The van der Waals surface area contributed by atoms with E-state index in [0.29, 0.717) is 11.4 Å². The van der Waals surface area contributed by atoms with Gasteiger partial charge in [-0.3, -0.25) is 19.1 Å². The summed E-state index contributed by atoms with van der Waals surface area (Å²) in [6, 6.07) is 12.4. The van der Waals surface area contributed by atoms with Crippen LogP contribution in [0.3, 0.4) is 0 Å². The van der Waals surface area contributed by atoms with Crippen LogP contribution in [-0.2, 0) is 13.1 Å². The van der Waals surface area contributed by atoms with Crippen molar-refractivity contribution in [3.63, 3.8) is 0 Å². The number of hydrogen-bond acceptors (Lipinski definition) is 5. The van der Waals surface area contributed by atoms with E-state index in [4.69, 9.17) is 4.74 Å². The first-order chi connectivity index (χ1) is 13.1. The summed E-state index contributed by atoms with van der Waals surface area (Å²) in [6.45, 7) is 0.218. The Bertz CT molecular complexity index is 1040. The Morgan fingerprint density at radius 2 is 1.96 bits per heavy atom. The molecule has 3 aromatic rings. The predicted molar refractivity (Wildman–Crippen MR) is 98.8 cm³/mol. The average Bonchev–Trinajstić information content (AvgIpc) is 2.70. The minimum atomic E-state index is -0.670. The normalized spacial score (nSPS) is 10.4. The van der Waals surface area contributed by atoms with Crippen LogP contribution >= 0.6 is 0 Å². The van der Waals surface area contributed by atoms with Crippen molar-refractivity contribution in [1.82, 2.24) is 19.9 Å². The third kappa shape index (κ3) is 4.30. The third-order valence-corrected chi connectivity index (χ3v) is 3.96. The molecular weight excluding hydrogens is 348 g/mol. The fraction of sp³-hybridized carbons (Fsp3) is 0.158. The molecule has 0 unspecified atom stereocenters. The molecule has 2 aromatic heterocycles. The van der Waals surface area contributed by atoms with Gasteiger partial charge in [0, 0.05) is 18.9 Å². The summed E-state index contributed by atoms with van der Waals surface area (Å²) in [5.41, 5.74) is -0.0173. The van der Waals surface area contributed by atoms with Gasteiger partial charge in [0.2, 0.25) is 0 Å². The highest BCUT2D eigenvalue weighted by Crippen LogP contribution is 2.11. The third-order valence-electron chi connectivity index (χ3n) is 3.96. The fourth-order valence-electron chi connectivity index (χ4n) is 2.49. The highest BCUT2D eigenvalue weighted by atomic mass is 16.5. The Balaban J connectivity index is 1.77. The maximum absolute atomic E-state index is 12.6. The number of benzene rings is 1. The largest absolute Gasteiger partial charge is 0.497 e. The topological polar surface area (TPSA) is 106 Å². The Morgan fingerprint density at radius 1 is 1.19 bits per heavy atom. The number of ether oxygens (including phenoxy) is 1. The Labute approximate surface area is 154 Å². The van der Waals surface area contributed by atoms with Crippen LogP contribution in [-0.4, -0.2) is 27.6 Å². The van der Waals surface area contributed by atoms with Crippen molar-refractivity contribution < 1.29 is 9.53 Å². The molecule has 0 aliphatic carbocycles. The number of H-pyrrole nitrogens is 1. The molecule has 2 N–H and O–H groups in total. The van der Waals surface area contributed by atoms with Crippen molar-refractivity contribution in [2.45, 2.75) is 13.1 Å². The smallest absolute Gasteiger partial charge is 0.328 e. The maximum Gasteiger partial charge on any atom is 0.328 e. The minimum absolute atomic E-state index is 0.0192. The molecule has 27 heavy (non-hydrogen) atoms. The number of aromatic amines is 1. The van der Waals surface area contributed by atoms with Crippen molar-refractivity contribution in [1.29, 1.82) is 0 Å². The van der Waals surface area contributed by atoms with E-state index in [-0.39, 0.29) is 18.7 Å². The summed E-state index contributed by atoms with van der Waals surface area (Å²) < 4.78 is 6.03. The molecule has 0 saturated heterocycles. The Hall–Kier alpha value is -3.68. The predicted octanol–water partition coefficient (Wildman–Crippen LogP) is 0.918. The molecule has 0 radical (unpaired) electrons. The summed E-state index contributed by atoms with van der Waals surface area (Å²) >= 11 is 0. The molecule has 8 heteroatoms. The number of nitrogens with one attached hydrogen (secondary N) is 2. The Kier molecular flexibility index (Phi) is 5.46. The molecule has 0 aliphatic heterocycles. The van der Waals surface area contributed by atoms with Gasteiger partial charge >= 0.3 is 5.69 Å². The molecule has 1 aromatic carbocycles. The lowest BCUT2D eigenvalue weighted by Gasteiger charge is -2.08. The molecule has 3 rings (SSSR count). The van der Waals surface area contributed by atoms with E-state index in [0.717, 1.165) is 16.3 Å². The molecule has 2 heterocycles. The van der Waals surface area contributed by atoms with Gasteiger partial charge in [-0.15, -0.1) is 0 Å². The number of methoxy groups -OCH3 is 1. The van der Waals surface area contributed by atoms with Crippen molar-refractivity contribution in [2.24, 2.45) is 0 Å². The summed E-state index contributed by atoms with van der Waals surface area (Å²) in [7, 11) is 1.57. The monoisotopic (exact) mass is 366 g/mol. The zero-order valence-electron chi connectivity index (χ0n) is 14.6. The number of aromatic nitrogens is 3. The zero-order chi connectivity index (χ0) is 19.2. The van der Waals surface area contributed by atoms with Crippen LogP contribution in [0.25, 0.3) is 0 Å². The van der Waals surface area contributed by atoms with Gasteiger partial charge in [0.25, 0.3) is 11.5 Å². The molecule has 0 aliphatic rings. The molecule has 0 spiro atoms. The van der Waals surface area contributed by atoms with Crippen LogP contribution in [0.15, 0.2) is 64.4 Å². The van der Waals surface area contributed by atoms with Crippen LogP contribution in [0.4, 0.5) is 0 Å². The summed E-state index contributed by atoms with van der Waals surface area (Å²) in [4.78, 5) is 43.5. The number of nitrogens with zero attached hydrogens (tertiary/aromatic N) is 2. The van der Waals surface area contributed by atoms with Gasteiger partial charge in [-0.2, -0.15) is 0 Å². The van der Waals surface area contributed by atoms with Crippen LogP contribution in [0, 0.1) is 0 Å². The minimum Gasteiger partial charge on any atom is -0.497 e. The molecule has 1 amide bonds. The fourth-order valence-corrected chi connectivity index (χ4v) is 2.49. The molecular formula is C19H18N4O4. The second kappa shape index (κ2) is 8.13. The van der Waals surface area contributed by atoms with Gasteiger partial charge in [-0.05, 0) is 29.8 Å². The maximum atomic E-state index is 12.6. The highest BCUT2D eigenvalue weighted by Gasteiger charge is 2.15. The lowest BCUT2D eigenvalue weighted by Crippen LogP contribution is -2.40. The lowest BCUT2D eigenvalue weighted by molar-refractivity contribution is 0.0948. The van der Waals surface area contributed by atoms with Crippen molar-refractivity contribution in [3.8, 4) is 5.75 Å². The first-order valence-corrected chi connectivity index (χ1v) is 8.22. The van der Waals surface area contributed by atoms with Crippen LogP contribution < -0.4 is 21.3 Å². The van der Waals surface area contributed by atoms with Crippen LogP contribution in [0.5, 0.6) is 5.75 Å². The van der Waals surface area contributed by atoms with Crippen molar-refractivity contribution in [3.05, 3.63) is 92.5 Å². The number of carbonyl (C=O) groups is 1. The molecule has 8 nitrogen and oxygen atoms in total. The highest BCUT2D eigenvalue weighted by molar-refractivity contribution is 5.93. The average molecular weight is 366 g/mol. The van der Waals surface area contributed by atoms with E-state index in [1.165, 1.54) is 0 Å². The number of hydrogen-bond donors (Lipinski definition) is 2. The van der Waals surface area contributed by atoms with E-state index < -0.39 is 17.2 Å². The summed E-state index contributed by atoms with van der Waals surface area (Å²) in [5.74, 6) is 0.143. The quantitative estimate of drug-likeness (QED) is 0.675. The zero-order valence-corrected chi connectivity index (χ0v) is 14.6. The molecule has 0 bridgehead atoms. The van der Waals surface area contributed by atoms with E-state index in [1.807, 2.05) is 12.1 Å². The van der Waals surface area contributed by atoms with Gasteiger partial charge < -0.3 is 15.0 Å². The van der Waals surface area contributed by atoms with Gasteiger partial charge in [0.05, 0.1) is 19.3 Å². The van der Waals surface area contributed by atoms with Gasteiger partial charge in [0.1, 0.15) is 11.3 Å². The molecule has 0 atom stereocenters. The summed E-state index contributed by atoms with van der Waals surface area (Å²) in [5, 5.41) is 2.67. The second-order valence-corrected chi connectivity index (χ2v) is 5.75. The lowest BCUT2D eigenvalue weighted by atomic mass is 10.2. The second-order valence-electron chi connectivity index (χ2n) is 5.75. The van der Waals surface area contributed by atoms with Gasteiger partial charge in [-0.25, -0.2) is 4.79 Å². The van der Waals surface area contributed by atoms with E-state index in [9.17, 15) is 14.4 Å². The standard InChI is InChI=1S/C19H18N4O4/c1-27-15-7-5-13(6-8-15)10-21-17(24)16-11-22-19(26)23(18(16)25)12-14-4-2-3-9-20-14/h2-9,11H,10,12H2,1H3,(H,21,24)(H,22,26). The summed E-state index contributed by atoms with van der Waals surface area (Å²) in [6.07, 6.45) is 2.70. The van der Waals surface area contributed by atoms with Crippen molar-refractivity contribution >= 4 is 5.91 Å². The number of pyridine rings is 1. The van der Waals surface area contributed by atoms with E-state index >= 15 is 0 Å². The Morgan fingerprint density at radius 3 is 2.63 bits per heavy atom. The first-order valence-electron chi connectivity index (χ1n) is 8.22. The number of rotatable bonds is 6. The van der Waals surface area contributed by atoms with E-state index in [2.05, 4.69) is 15.3 Å². The molecule has 0 fully saturated rings. The van der Waals surface area contributed by atoms with Crippen molar-refractivity contribution in [2.75, 3.05) is 7.11 Å². The van der Waals surface area contributed by atoms with Gasteiger partial charge in [-0.1, -0.05) is 18.2 Å².